The van der Waals surface area contributed by atoms with E-state index in [4.69, 9.17) is 4.74 Å². The van der Waals surface area contributed by atoms with E-state index in [1.54, 1.807) is 16.4 Å². The number of hydrogen-bond acceptors (Lipinski definition) is 6. The van der Waals surface area contributed by atoms with Crippen molar-refractivity contribution in [2.75, 3.05) is 25.0 Å². The van der Waals surface area contributed by atoms with Gasteiger partial charge in [-0.25, -0.2) is 13.4 Å². The molecule has 1 amide bonds. The van der Waals surface area contributed by atoms with Crippen molar-refractivity contribution in [3.63, 3.8) is 0 Å². The highest BCUT2D eigenvalue weighted by molar-refractivity contribution is 7.89. The molecule has 0 fully saturated rings. The molecule has 3 aromatic rings. The van der Waals surface area contributed by atoms with Crippen LogP contribution in [0.4, 0.5) is 5.13 Å². The minimum atomic E-state index is -3.60. The van der Waals surface area contributed by atoms with Gasteiger partial charge >= 0.3 is 0 Å². The minimum absolute atomic E-state index is 0.203. The van der Waals surface area contributed by atoms with E-state index in [0.29, 0.717) is 30.4 Å². The highest BCUT2D eigenvalue weighted by Crippen LogP contribution is 2.31. The van der Waals surface area contributed by atoms with Crippen LogP contribution in [-0.4, -0.2) is 43.3 Å². The van der Waals surface area contributed by atoms with Gasteiger partial charge in [0.05, 0.1) is 17.2 Å². The van der Waals surface area contributed by atoms with Crippen LogP contribution in [0.25, 0.3) is 11.3 Å². The summed E-state index contributed by atoms with van der Waals surface area (Å²) >= 11 is 1.40. The number of unbranched alkanes of at least 4 members (excludes halogenated alkanes) is 2. The second-order valence-corrected chi connectivity index (χ2v) is 11.6. The average Bonchev–Trinajstić information content (AvgIpc) is 3.24. The first-order valence-corrected chi connectivity index (χ1v) is 14.7. The Morgan fingerprint density at radius 1 is 0.972 bits per heavy atom. The fourth-order valence-electron chi connectivity index (χ4n) is 3.71. The van der Waals surface area contributed by atoms with Crippen molar-refractivity contribution >= 4 is 32.4 Å². The molecule has 1 heterocycles. The van der Waals surface area contributed by atoms with E-state index in [1.807, 2.05) is 52.0 Å². The number of amides is 1. The summed E-state index contributed by atoms with van der Waals surface area (Å²) in [6.45, 7) is 9.60. The molecule has 0 spiro atoms. The second-order valence-electron chi connectivity index (χ2n) is 8.47. The number of aromatic nitrogens is 1. The van der Waals surface area contributed by atoms with E-state index >= 15 is 0 Å². The van der Waals surface area contributed by atoms with Crippen LogP contribution >= 0.6 is 11.3 Å². The Balaban J connectivity index is 1.72. The van der Waals surface area contributed by atoms with Gasteiger partial charge in [-0.05, 0) is 75.2 Å². The zero-order chi connectivity index (χ0) is 26.1. The summed E-state index contributed by atoms with van der Waals surface area (Å²) in [6.07, 6.45) is 3.48. The first-order chi connectivity index (χ1) is 17.3. The van der Waals surface area contributed by atoms with Crippen molar-refractivity contribution in [1.29, 1.82) is 0 Å². The Bertz CT molecular complexity index is 1230. The molecule has 1 N–H and O–H groups in total. The van der Waals surface area contributed by atoms with E-state index in [1.165, 1.54) is 23.5 Å². The van der Waals surface area contributed by atoms with Gasteiger partial charge < -0.3 is 4.74 Å². The summed E-state index contributed by atoms with van der Waals surface area (Å²) in [6, 6.07) is 13.8. The Hall–Kier alpha value is -2.75. The molecule has 0 saturated heterocycles. The number of sulfonamides is 1. The van der Waals surface area contributed by atoms with Crippen molar-refractivity contribution in [1.82, 2.24) is 9.29 Å². The van der Waals surface area contributed by atoms with Gasteiger partial charge in [0, 0.05) is 29.1 Å². The lowest BCUT2D eigenvalue weighted by Crippen LogP contribution is -2.33. The Morgan fingerprint density at radius 3 is 2.14 bits per heavy atom. The summed E-state index contributed by atoms with van der Waals surface area (Å²) in [5.74, 6) is 0.465. The van der Waals surface area contributed by atoms with Gasteiger partial charge in [-0.15, -0.1) is 11.3 Å². The van der Waals surface area contributed by atoms with Gasteiger partial charge in [-0.2, -0.15) is 4.31 Å². The summed E-state index contributed by atoms with van der Waals surface area (Å²) < 4.78 is 33.4. The standard InChI is InChI=1S/C27H35N3O4S2/c1-5-8-18-30(19-9-6-2)36(32,33)24-16-12-22(13-17-24)26(31)29-27-28-25(20(4)35-27)21-10-14-23(15-11-21)34-7-3/h10-17H,5-9,18-19H2,1-4H3,(H,28,29,31). The van der Waals surface area contributed by atoms with Crippen LogP contribution in [0.15, 0.2) is 53.4 Å². The molecule has 0 aliphatic heterocycles. The van der Waals surface area contributed by atoms with Crippen molar-refractivity contribution in [2.24, 2.45) is 0 Å². The number of benzene rings is 2. The molecule has 0 bridgehead atoms. The third-order valence-electron chi connectivity index (χ3n) is 5.73. The lowest BCUT2D eigenvalue weighted by atomic mass is 10.1. The maximum atomic E-state index is 13.2. The number of rotatable bonds is 13. The molecule has 194 valence electrons. The number of aryl methyl sites for hydroxylation is 1. The van der Waals surface area contributed by atoms with Crippen LogP contribution in [0.2, 0.25) is 0 Å². The topological polar surface area (TPSA) is 88.6 Å². The first-order valence-electron chi connectivity index (χ1n) is 12.4. The number of carbonyl (C=O) groups is 1. The Labute approximate surface area is 218 Å². The number of nitrogens with one attached hydrogen (secondary N) is 1. The highest BCUT2D eigenvalue weighted by atomic mass is 32.2. The first kappa shape index (κ1) is 27.8. The van der Waals surface area contributed by atoms with Crippen molar-refractivity contribution < 1.29 is 17.9 Å². The lowest BCUT2D eigenvalue weighted by molar-refractivity contribution is 0.102. The van der Waals surface area contributed by atoms with Crippen molar-refractivity contribution in [2.45, 2.75) is 58.3 Å². The predicted molar refractivity (Wildman–Crippen MR) is 146 cm³/mol. The molecular weight excluding hydrogens is 494 g/mol. The number of anilines is 1. The molecule has 0 unspecified atom stereocenters. The van der Waals surface area contributed by atoms with Crippen LogP contribution < -0.4 is 10.1 Å². The molecule has 0 radical (unpaired) electrons. The third kappa shape index (κ3) is 6.93. The van der Waals surface area contributed by atoms with Crippen LogP contribution in [0, 0.1) is 6.92 Å². The van der Waals surface area contributed by atoms with Crippen LogP contribution in [0.5, 0.6) is 5.75 Å². The molecule has 2 aromatic carbocycles. The fraction of sp³-hybridized carbons (Fsp3) is 0.407. The zero-order valence-corrected chi connectivity index (χ0v) is 23.0. The number of nitrogens with zero attached hydrogens (tertiary/aromatic N) is 2. The molecule has 1 aromatic heterocycles. The highest BCUT2D eigenvalue weighted by Gasteiger charge is 2.24. The van der Waals surface area contributed by atoms with Crippen molar-refractivity contribution in [3.05, 3.63) is 59.0 Å². The van der Waals surface area contributed by atoms with E-state index in [-0.39, 0.29) is 10.8 Å². The van der Waals surface area contributed by atoms with Crippen molar-refractivity contribution in [3.8, 4) is 17.0 Å². The van der Waals surface area contributed by atoms with Crippen LogP contribution in [0.3, 0.4) is 0 Å². The van der Waals surface area contributed by atoms with Gasteiger partial charge in [0.2, 0.25) is 10.0 Å². The molecule has 0 aliphatic carbocycles. The summed E-state index contributed by atoms with van der Waals surface area (Å²) in [4.78, 5) is 18.6. The maximum absolute atomic E-state index is 13.2. The van der Waals surface area contributed by atoms with E-state index < -0.39 is 10.0 Å². The number of carbonyl (C=O) groups excluding carboxylic acids is 1. The van der Waals surface area contributed by atoms with E-state index in [2.05, 4.69) is 10.3 Å². The molecule has 3 rings (SSSR count). The quantitative estimate of drug-likeness (QED) is 0.278. The molecular formula is C27H35N3O4S2. The normalized spacial score (nSPS) is 11.6. The zero-order valence-electron chi connectivity index (χ0n) is 21.4. The second kappa shape index (κ2) is 13.0. The SMILES string of the molecule is CCCCN(CCCC)S(=O)(=O)c1ccc(C(=O)Nc2nc(-c3ccc(OCC)cc3)c(C)s2)cc1. The fourth-order valence-corrected chi connectivity index (χ4v) is 6.06. The molecule has 9 heteroatoms. The van der Waals surface area contributed by atoms with Gasteiger partial charge in [0.15, 0.2) is 5.13 Å². The van der Waals surface area contributed by atoms with Gasteiger partial charge in [-0.1, -0.05) is 26.7 Å². The number of ether oxygens (including phenoxy) is 1. The smallest absolute Gasteiger partial charge is 0.257 e. The minimum Gasteiger partial charge on any atom is -0.494 e. The maximum Gasteiger partial charge on any atom is 0.257 e. The number of hydrogen-bond donors (Lipinski definition) is 1. The van der Waals surface area contributed by atoms with Gasteiger partial charge in [-0.3, -0.25) is 10.1 Å². The monoisotopic (exact) mass is 529 g/mol. The van der Waals surface area contributed by atoms with Gasteiger partial charge in [0.25, 0.3) is 5.91 Å². The molecule has 0 aliphatic rings. The predicted octanol–water partition coefficient (Wildman–Crippen LogP) is 6.36. The summed E-state index contributed by atoms with van der Waals surface area (Å²) in [5.41, 5.74) is 2.12. The van der Waals surface area contributed by atoms with E-state index in [9.17, 15) is 13.2 Å². The molecule has 0 saturated carbocycles. The molecule has 36 heavy (non-hydrogen) atoms. The third-order valence-corrected chi connectivity index (χ3v) is 8.53. The van der Waals surface area contributed by atoms with Gasteiger partial charge in [0.1, 0.15) is 5.75 Å². The van der Waals surface area contributed by atoms with Crippen LogP contribution in [-0.2, 0) is 10.0 Å². The lowest BCUT2D eigenvalue weighted by Gasteiger charge is -2.22. The van der Waals surface area contributed by atoms with Crippen LogP contribution in [0.1, 0.15) is 61.7 Å². The molecule has 7 nitrogen and oxygen atoms in total. The average molecular weight is 530 g/mol. The Kier molecular flexibility index (Phi) is 10.0. The molecule has 0 atom stereocenters. The summed E-state index contributed by atoms with van der Waals surface area (Å²) in [7, 11) is -3.60. The number of thiazole rings is 1. The Morgan fingerprint density at radius 2 is 1.58 bits per heavy atom. The summed E-state index contributed by atoms with van der Waals surface area (Å²) in [5, 5.41) is 3.33. The van der Waals surface area contributed by atoms with E-state index in [0.717, 1.165) is 47.6 Å². The largest absolute Gasteiger partial charge is 0.494 e.